The van der Waals surface area contributed by atoms with Crippen LogP contribution in [0, 0.1) is 0 Å². The molecule has 0 fully saturated rings. The fraction of sp³-hybridized carbons (Fsp3) is 0.429. The van der Waals surface area contributed by atoms with Crippen LogP contribution in [-0.2, 0) is 0 Å². The van der Waals surface area contributed by atoms with Crippen LogP contribution in [0.5, 0.6) is 11.5 Å². The maximum atomic E-state index is 13.0. The molecule has 0 aliphatic carbocycles. The molecule has 2 aromatic rings. The van der Waals surface area contributed by atoms with E-state index in [4.69, 9.17) is 9.84 Å². The summed E-state index contributed by atoms with van der Waals surface area (Å²) in [7, 11) is 0. The molecule has 0 saturated carbocycles. The van der Waals surface area contributed by atoms with Gasteiger partial charge in [0.15, 0.2) is 11.9 Å². The zero-order chi connectivity index (χ0) is 23.5. The van der Waals surface area contributed by atoms with Crippen LogP contribution in [0.3, 0.4) is 0 Å². The minimum Gasteiger partial charge on any atom is -0.489 e. The van der Waals surface area contributed by atoms with E-state index in [0.717, 1.165) is 12.1 Å². The molecule has 32 heavy (non-hydrogen) atoms. The fourth-order valence-electron chi connectivity index (χ4n) is 3.56. The Hall–Kier alpha value is -2.66. The Labute approximate surface area is 179 Å². The smallest absolute Gasteiger partial charge is 0.489 e. The lowest BCUT2D eigenvalue weighted by Crippen LogP contribution is -2.50. The molecular weight excluding hydrogens is 444 g/mol. The summed E-state index contributed by atoms with van der Waals surface area (Å²) in [6.07, 6.45) is -11.7. The number of alkyl halides is 6. The van der Waals surface area contributed by atoms with Gasteiger partial charge in [-0.2, -0.15) is 13.2 Å². The number of aliphatic hydroxyl groups excluding tert-OH is 2. The Morgan fingerprint density at radius 3 is 2.47 bits per heavy atom. The second-order valence-electron chi connectivity index (χ2n) is 7.27. The maximum Gasteiger partial charge on any atom is 0.573 e. The van der Waals surface area contributed by atoms with Gasteiger partial charge in [-0.3, -0.25) is 0 Å². The summed E-state index contributed by atoms with van der Waals surface area (Å²) in [6, 6.07) is 9.24. The zero-order valence-corrected chi connectivity index (χ0v) is 16.7. The summed E-state index contributed by atoms with van der Waals surface area (Å²) in [5.41, 5.74) is 0.943. The van der Waals surface area contributed by atoms with Gasteiger partial charge in [-0.1, -0.05) is 24.3 Å². The third-order valence-corrected chi connectivity index (χ3v) is 4.99. The van der Waals surface area contributed by atoms with Crippen molar-refractivity contribution in [3.63, 3.8) is 0 Å². The van der Waals surface area contributed by atoms with Crippen molar-refractivity contribution in [2.45, 2.75) is 37.5 Å². The number of aliphatic hydroxyl groups is 2. The van der Waals surface area contributed by atoms with Crippen LogP contribution in [0.2, 0.25) is 0 Å². The van der Waals surface area contributed by atoms with Crippen molar-refractivity contribution in [3.8, 4) is 22.6 Å². The predicted molar refractivity (Wildman–Crippen MR) is 104 cm³/mol. The van der Waals surface area contributed by atoms with Gasteiger partial charge in [0.2, 0.25) is 0 Å². The van der Waals surface area contributed by atoms with Crippen LogP contribution in [0.15, 0.2) is 42.5 Å². The highest BCUT2D eigenvalue weighted by atomic mass is 19.4. The SMILES string of the molecule is OCCCC1COc2c(-c3cccc(OC(F)(F)F)c3)cccc2N1CC(O)C(F)(F)F. The van der Waals surface area contributed by atoms with Crippen molar-refractivity contribution in [3.05, 3.63) is 42.5 Å². The van der Waals surface area contributed by atoms with E-state index >= 15 is 0 Å². The molecule has 1 aliphatic heterocycles. The summed E-state index contributed by atoms with van der Waals surface area (Å²) in [5, 5.41) is 18.8. The van der Waals surface area contributed by atoms with Gasteiger partial charge in [0.1, 0.15) is 12.4 Å². The van der Waals surface area contributed by atoms with Crippen LogP contribution in [0.1, 0.15) is 12.8 Å². The summed E-state index contributed by atoms with van der Waals surface area (Å²) in [6.45, 7) is -0.935. The predicted octanol–water partition coefficient (Wildman–Crippen LogP) is 4.52. The first kappa shape index (κ1) is 24.0. The molecule has 2 unspecified atom stereocenters. The Morgan fingerprint density at radius 1 is 1.09 bits per heavy atom. The molecule has 1 aliphatic rings. The number of hydrogen-bond donors (Lipinski definition) is 2. The van der Waals surface area contributed by atoms with E-state index in [9.17, 15) is 31.4 Å². The lowest BCUT2D eigenvalue weighted by Gasteiger charge is -2.40. The first-order valence-corrected chi connectivity index (χ1v) is 9.74. The highest BCUT2D eigenvalue weighted by Crippen LogP contribution is 2.44. The van der Waals surface area contributed by atoms with Gasteiger partial charge >= 0.3 is 12.5 Å². The third kappa shape index (κ3) is 5.77. The molecule has 5 nitrogen and oxygen atoms in total. The van der Waals surface area contributed by atoms with E-state index in [-0.39, 0.29) is 24.7 Å². The molecule has 2 N–H and O–H groups in total. The van der Waals surface area contributed by atoms with Gasteiger partial charge in [0.05, 0.1) is 18.3 Å². The summed E-state index contributed by atoms with van der Waals surface area (Å²) in [4.78, 5) is 1.37. The number of fused-ring (bicyclic) bond motifs is 1. The molecule has 2 aromatic carbocycles. The van der Waals surface area contributed by atoms with E-state index in [2.05, 4.69) is 4.74 Å². The van der Waals surface area contributed by atoms with Gasteiger partial charge in [-0.15, -0.1) is 13.2 Å². The monoisotopic (exact) mass is 465 g/mol. The number of nitrogens with zero attached hydrogens (tertiary/aromatic N) is 1. The Morgan fingerprint density at radius 2 is 1.81 bits per heavy atom. The number of para-hydroxylation sites is 1. The summed E-state index contributed by atoms with van der Waals surface area (Å²) >= 11 is 0. The van der Waals surface area contributed by atoms with Crippen molar-refractivity contribution in [2.75, 3.05) is 24.7 Å². The first-order valence-electron chi connectivity index (χ1n) is 9.74. The molecule has 3 rings (SSSR count). The van der Waals surface area contributed by atoms with Crippen molar-refractivity contribution in [1.29, 1.82) is 0 Å². The Balaban J connectivity index is 1.99. The van der Waals surface area contributed by atoms with Gasteiger partial charge in [0.25, 0.3) is 0 Å². The van der Waals surface area contributed by atoms with Gasteiger partial charge in [-0.05, 0) is 36.6 Å². The van der Waals surface area contributed by atoms with Gasteiger partial charge < -0.3 is 24.6 Å². The quantitative estimate of drug-likeness (QED) is 0.589. The van der Waals surface area contributed by atoms with Gasteiger partial charge in [-0.25, -0.2) is 0 Å². The number of β-amino-alcohol motifs (C(OH)–C–C–N with tert-alkyl or cyclic N) is 1. The molecule has 1 heterocycles. The first-order chi connectivity index (χ1) is 15.0. The molecule has 0 radical (unpaired) electrons. The molecule has 2 atom stereocenters. The summed E-state index contributed by atoms with van der Waals surface area (Å²) in [5.74, 6) is -0.264. The second kappa shape index (κ2) is 9.45. The molecule has 0 amide bonds. The zero-order valence-electron chi connectivity index (χ0n) is 16.7. The second-order valence-corrected chi connectivity index (χ2v) is 7.27. The van der Waals surface area contributed by atoms with Crippen LogP contribution in [0.4, 0.5) is 32.0 Å². The largest absolute Gasteiger partial charge is 0.573 e. The number of rotatable bonds is 7. The maximum absolute atomic E-state index is 13.0. The molecule has 0 spiro atoms. The average molecular weight is 465 g/mol. The lowest BCUT2D eigenvalue weighted by molar-refractivity contribution is -0.274. The van der Waals surface area contributed by atoms with Crippen LogP contribution in [0.25, 0.3) is 11.1 Å². The number of ether oxygens (including phenoxy) is 2. The third-order valence-electron chi connectivity index (χ3n) is 4.99. The van der Waals surface area contributed by atoms with Crippen molar-refractivity contribution >= 4 is 5.69 Å². The molecule has 0 aromatic heterocycles. The van der Waals surface area contributed by atoms with Crippen molar-refractivity contribution in [1.82, 2.24) is 0 Å². The van der Waals surface area contributed by atoms with E-state index in [1.807, 2.05) is 0 Å². The highest BCUT2D eigenvalue weighted by molar-refractivity contribution is 5.80. The van der Waals surface area contributed by atoms with E-state index in [1.165, 1.54) is 29.2 Å². The van der Waals surface area contributed by atoms with Crippen molar-refractivity contribution < 1.29 is 46.0 Å². The number of hydrogen-bond acceptors (Lipinski definition) is 5. The fourth-order valence-corrected chi connectivity index (χ4v) is 3.56. The van der Waals surface area contributed by atoms with E-state index in [0.29, 0.717) is 24.0 Å². The molecular formula is C21H21F6NO4. The number of halogens is 6. The number of anilines is 1. The minimum atomic E-state index is -4.88. The minimum absolute atomic E-state index is 0.0205. The Bertz CT molecular complexity index is 918. The normalized spacial score (nSPS) is 17.5. The van der Waals surface area contributed by atoms with Crippen LogP contribution in [-0.4, -0.2) is 54.7 Å². The Kier molecular flexibility index (Phi) is 7.09. The number of benzene rings is 2. The topological polar surface area (TPSA) is 62.2 Å². The lowest BCUT2D eigenvalue weighted by atomic mass is 9.99. The van der Waals surface area contributed by atoms with E-state index in [1.54, 1.807) is 6.07 Å². The molecule has 176 valence electrons. The van der Waals surface area contributed by atoms with Crippen LogP contribution < -0.4 is 14.4 Å². The summed E-state index contributed by atoms with van der Waals surface area (Å²) < 4.78 is 86.6. The molecule has 0 bridgehead atoms. The molecule has 11 heteroatoms. The van der Waals surface area contributed by atoms with E-state index < -0.39 is 37.0 Å². The average Bonchev–Trinajstić information content (AvgIpc) is 2.71. The standard InChI is InChI=1S/C21H21F6NO4/c22-20(23,24)18(30)11-28-14(5-3-9-29)12-31-19-16(7-2-8-17(19)28)13-4-1-6-15(10-13)32-21(25,26)27/h1-2,4,6-8,10,14,18,29-30H,3,5,9,11-12H2. The molecule has 0 saturated heterocycles. The van der Waals surface area contributed by atoms with Crippen LogP contribution >= 0.6 is 0 Å². The van der Waals surface area contributed by atoms with Gasteiger partial charge in [0, 0.05) is 12.2 Å². The van der Waals surface area contributed by atoms with Crippen molar-refractivity contribution in [2.24, 2.45) is 0 Å². The highest BCUT2D eigenvalue weighted by Gasteiger charge is 2.42.